The second-order valence-corrected chi connectivity index (χ2v) is 2.81. The monoisotopic (exact) mass is 192 g/mol. The molecular weight excluding hydrogens is 184 g/mol. The first-order chi connectivity index (χ1) is 6.70. The topological polar surface area (TPSA) is 93.5 Å². The lowest BCUT2D eigenvalue weighted by molar-refractivity contribution is -0.138. The number of hydrogen-bond donors (Lipinski definition) is 2. The van der Waals surface area contributed by atoms with E-state index < -0.39 is 12.0 Å². The van der Waals surface area contributed by atoms with E-state index in [1.807, 2.05) is 0 Å². The van der Waals surface area contributed by atoms with Crippen LogP contribution in [0.15, 0.2) is 24.5 Å². The summed E-state index contributed by atoms with van der Waals surface area (Å²) in [7, 11) is 0. The standard InChI is InChI=1S/C8H8N4O2/c9-7(8(13)14)5-4-11-12-6(5)2-1-3-10-12/h1-4,7H,9H2,(H,13,14)/t7-/m1/s1. The summed E-state index contributed by atoms with van der Waals surface area (Å²) < 4.78 is 1.35. The van der Waals surface area contributed by atoms with Crippen molar-refractivity contribution in [1.82, 2.24) is 14.8 Å². The summed E-state index contributed by atoms with van der Waals surface area (Å²) in [5.41, 5.74) is 6.54. The quantitative estimate of drug-likeness (QED) is 0.688. The number of nitrogens with zero attached hydrogens (tertiary/aromatic N) is 3. The van der Waals surface area contributed by atoms with E-state index in [1.54, 1.807) is 18.3 Å². The zero-order valence-corrected chi connectivity index (χ0v) is 7.16. The Morgan fingerprint density at radius 3 is 3.07 bits per heavy atom. The molecule has 0 amide bonds. The van der Waals surface area contributed by atoms with Crippen LogP contribution in [0.25, 0.3) is 5.52 Å². The fourth-order valence-electron chi connectivity index (χ4n) is 1.22. The highest BCUT2D eigenvalue weighted by atomic mass is 16.4. The lowest BCUT2D eigenvalue weighted by atomic mass is 10.1. The summed E-state index contributed by atoms with van der Waals surface area (Å²) in [5, 5.41) is 16.5. The molecule has 2 heterocycles. The lowest BCUT2D eigenvalue weighted by Crippen LogP contribution is -2.20. The molecule has 1 atom stereocenters. The maximum Gasteiger partial charge on any atom is 0.325 e. The van der Waals surface area contributed by atoms with E-state index in [2.05, 4.69) is 10.2 Å². The Morgan fingerprint density at radius 1 is 1.57 bits per heavy atom. The molecule has 14 heavy (non-hydrogen) atoms. The Balaban J connectivity index is 2.58. The highest BCUT2D eigenvalue weighted by Gasteiger charge is 2.18. The Kier molecular flexibility index (Phi) is 1.90. The smallest absolute Gasteiger partial charge is 0.325 e. The van der Waals surface area contributed by atoms with Gasteiger partial charge in [-0.25, -0.2) is 0 Å². The normalized spacial score (nSPS) is 12.9. The number of carboxylic acids is 1. The van der Waals surface area contributed by atoms with Gasteiger partial charge in [0, 0.05) is 11.8 Å². The predicted molar refractivity (Wildman–Crippen MR) is 47.6 cm³/mol. The van der Waals surface area contributed by atoms with Gasteiger partial charge in [0.2, 0.25) is 0 Å². The molecule has 0 aliphatic heterocycles. The van der Waals surface area contributed by atoms with Crippen molar-refractivity contribution >= 4 is 11.5 Å². The van der Waals surface area contributed by atoms with Gasteiger partial charge >= 0.3 is 5.97 Å². The van der Waals surface area contributed by atoms with Crippen LogP contribution in [0.4, 0.5) is 0 Å². The van der Waals surface area contributed by atoms with E-state index in [-0.39, 0.29) is 0 Å². The minimum absolute atomic E-state index is 0.464. The summed E-state index contributed by atoms with van der Waals surface area (Å²) in [6.07, 6.45) is 2.98. The van der Waals surface area contributed by atoms with E-state index in [4.69, 9.17) is 10.8 Å². The first kappa shape index (κ1) is 8.64. The number of nitrogens with two attached hydrogens (primary N) is 1. The molecule has 0 saturated carbocycles. The summed E-state index contributed by atoms with van der Waals surface area (Å²) in [4.78, 5) is 10.7. The Morgan fingerprint density at radius 2 is 2.36 bits per heavy atom. The molecule has 2 rings (SSSR count). The maximum atomic E-state index is 10.7. The third-order valence-corrected chi connectivity index (χ3v) is 1.93. The van der Waals surface area contributed by atoms with E-state index in [0.29, 0.717) is 11.1 Å². The molecule has 3 N–H and O–H groups in total. The molecule has 0 saturated heterocycles. The van der Waals surface area contributed by atoms with Crippen molar-refractivity contribution < 1.29 is 9.90 Å². The van der Waals surface area contributed by atoms with E-state index in [9.17, 15) is 4.79 Å². The van der Waals surface area contributed by atoms with Gasteiger partial charge in [-0.1, -0.05) is 0 Å². The number of rotatable bonds is 2. The van der Waals surface area contributed by atoms with Crippen molar-refractivity contribution in [3.8, 4) is 0 Å². The Labute approximate surface area is 79.0 Å². The van der Waals surface area contributed by atoms with Crippen LogP contribution in [0.1, 0.15) is 11.6 Å². The molecule has 0 aromatic carbocycles. The van der Waals surface area contributed by atoms with Crippen molar-refractivity contribution in [2.45, 2.75) is 6.04 Å². The van der Waals surface area contributed by atoms with Crippen LogP contribution >= 0.6 is 0 Å². The molecule has 2 aromatic heterocycles. The van der Waals surface area contributed by atoms with Crippen LogP contribution in [0.2, 0.25) is 0 Å². The first-order valence-corrected chi connectivity index (χ1v) is 3.97. The van der Waals surface area contributed by atoms with Gasteiger partial charge in [-0.05, 0) is 12.1 Å². The molecule has 72 valence electrons. The fraction of sp³-hybridized carbons (Fsp3) is 0.125. The van der Waals surface area contributed by atoms with Gasteiger partial charge in [-0.15, -0.1) is 0 Å². The summed E-state index contributed by atoms with van der Waals surface area (Å²) in [6, 6.07) is 2.37. The number of carboxylic acid groups (broad SMARTS) is 1. The highest BCUT2D eigenvalue weighted by molar-refractivity contribution is 5.78. The van der Waals surface area contributed by atoms with Crippen molar-refractivity contribution in [2.75, 3.05) is 0 Å². The van der Waals surface area contributed by atoms with Gasteiger partial charge in [-0.2, -0.15) is 14.8 Å². The van der Waals surface area contributed by atoms with Crippen LogP contribution in [0.3, 0.4) is 0 Å². The zero-order chi connectivity index (χ0) is 10.1. The molecule has 0 aliphatic carbocycles. The third kappa shape index (κ3) is 1.21. The van der Waals surface area contributed by atoms with Gasteiger partial charge in [0.25, 0.3) is 0 Å². The largest absolute Gasteiger partial charge is 0.480 e. The number of carbonyl (C=O) groups is 1. The van der Waals surface area contributed by atoms with Gasteiger partial charge in [0.05, 0.1) is 11.7 Å². The second-order valence-electron chi connectivity index (χ2n) is 2.81. The van der Waals surface area contributed by atoms with E-state index in [1.165, 1.54) is 10.8 Å². The predicted octanol–water partition coefficient (Wildman–Crippen LogP) is -0.186. The number of fused-ring (bicyclic) bond motifs is 1. The van der Waals surface area contributed by atoms with E-state index >= 15 is 0 Å². The molecule has 0 unspecified atom stereocenters. The van der Waals surface area contributed by atoms with E-state index in [0.717, 1.165) is 0 Å². The first-order valence-electron chi connectivity index (χ1n) is 3.97. The van der Waals surface area contributed by atoms with Crippen LogP contribution in [-0.4, -0.2) is 25.9 Å². The molecule has 0 fully saturated rings. The number of aliphatic carboxylic acids is 1. The van der Waals surface area contributed by atoms with Crippen LogP contribution < -0.4 is 5.73 Å². The molecule has 0 aliphatic rings. The number of aromatic nitrogens is 3. The van der Waals surface area contributed by atoms with Crippen molar-refractivity contribution in [3.63, 3.8) is 0 Å². The SMILES string of the molecule is N[C@@H](C(=O)O)c1cnn2ncccc12. The molecule has 6 heteroatoms. The summed E-state index contributed by atoms with van der Waals surface area (Å²) in [6.45, 7) is 0. The molecule has 0 radical (unpaired) electrons. The van der Waals surface area contributed by atoms with Gasteiger partial charge in [0.15, 0.2) is 0 Å². The Bertz CT molecular complexity index is 479. The van der Waals surface area contributed by atoms with Gasteiger partial charge in [0.1, 0.15) is 6.04 Å². The van der Waals surface area contributed by atoms with Crippen LogP contribution in [-0.2, 0) is 4.79 Å². The third-order valence-electron chi connectivity index (χ3n) is 1.93. The second kappa shape index (κ2) is 3.08. The van der Waals surface area contributed by atoms with Crippen LogP contribution in [0.5, 0.6) is 0 Å². The average Bonchev–Trinajstić information content (AvgIpc) is 2.60. The molecule has 0 bridgehead atoms. The minimum Gasteiger partial charge on any atom is -0.480 e. The lowest BCUT2D eigenvalue weighted by Gasteiger charge is -2.02. The van der Waals surface area contributed by atoms with Gasteiger partial charge < -0.3 is 10.8 Å². The minimum atomic E-state index is -1.08. The highest BCUT2D eigenvalue weighted by Crippen LogP contribution is 2.15. The number of hydrogen-bond acceptors (Lipinski definition) is 4. The molecule has 0 spiro atoms. The maximum absolute atomic E-state index is 10.7. The molecular formula is C8H8N4O2. The molecule has 2 aromatic rings. The van der Waals surface area contributed by atoms with Crippen LogP contribution in [0, 0.1) is 0 Å². The zero-order valence-electron chi connectivity index (χ0n) is 7.16. The summed E-state index contributed by atoms with van der Waals surface area (Å²) in [5.74, 6) is -1.08. The average molecular weight is 192 g/mol. The van der Waals surface area contributed by atoms with Crippen molar-refractivity contribution in [2.24, 2.45) is 5.73 Å². The fourth-order valence-corrected chi connectivity index (χ4v) is 1.22. The van der Waals surface area contributed by atoms with Crippen molar-refractivity contribution in [3.05, 3.63) is 30.1 Å². The van der Waals surface area contributed by atoms with Gasteiger partial charge in [-0.3, -0.25) is 4.79 Å². The van der Waals surface area contributed by atoms with Crippen molar-refractivity contribution in [1.29, 1.82) is 0 Å². The summed E-state index contributed by atoms with van der Waals surface area (Å²) >= 11 is 0. The molecule has 6 nitrogen and oxygen atoms in total. The Hall–Kier alpha value is -1.95.